The number of nitrogens with zero attached hydrogens (tertiary/aromatic N) is 1. The lowest BCUT2D eigenvalue weighted by Crippen LogP contribution is -2.13. The summed E-state index contributed by atoms with van der Waals surface area (Å²) >= 11 is 6.10. The van der Waals surface area contributed by atoms with E-state index >= 15 is 0 Å². The summed E-state index contributed by atoms with van der Waals surface area (Å²) in [4.78, 5) is 4.37. The Kier molecular flexibility index (Phi) is 4.48. The molecule has 0 aliphatic rings. The number of rotatable bonds is 4. The highest BCUT2D eigenvalue weighted by atomic mass is 35.5. The van der Waals surface area contributed by atoms with Gasteiger partial charge in [-0.05, 0) is 24.3 Å². The van der Waals surface area contributed by atoms with Crippen LogP contribution in [0.2, 0.25) is 5.02 Å². The fourth-order valence-corrected chi connectivity index (χ4v) is 1.98. The van der Waals surface area contributed by atoms with Gasteiger partial charge in [-0.3, -0.25) is 0 Å². The summed E-state index contributed by atoms with van der Waals surface area (Å²) in [5, 5.41) is 0.551. The minimum absolute atomic E-state index is 0.321. The first-order valence-corrected chi connectivity index (χ1v) is 6.34. The van der Waals surface area contributed by atoms with Gasteiger partial charge in [0, 0.05) is 11.6 Å². The molecular weight excluding hydrogens is 276 g/mol. The van der Waals surface area contributed by atoms with E-state index in [9.17, 15) is 0 Å². The summed E-state index contributed by atoms with van der Waals surface area (Å²) in [5.41, 5.74) is 7.28. The molecule has 0 aliphatic carbocycles. The number of methoxy groups -OCH3 is 2. The van der Waals surface area contributed by atoms with E-state index in [0.717, 1.165) is 0 Å². The third-order valence-corrected chi connectivity index (χ3v) is 3.11. The molecule has 2 rings (SSSR count). The van der Waals surface area contributed by atoms with E-state index in [1.165, 1.54) is 0 Å². The van der Waals surface area contributed by atoms with E-state index in [0.29, 0.717) is 33.6 Å². The summed E-state index contributed by atoms with van der Waals surface area (Å²) in [6.07, 6.45) is 0. The van der Waals surface area contributed by atoms with Crippen LogP contribution in [-0.2, 0) is 0 Å². The van der Waals surface area contributed by atoms with E-state index in [4.69, 9.17) is 26.8 Å². The monoisotopic (exact) mass is 290 g/mol. The third kappa shape index (κ3) is 3.03. The second-order valence-electron chi connectivity index (χ2n) is 4.01. The minimum Gasteiger partial charge on any atom is -0.497 e. The van der Waals surface area contributed by atoms with Crippen molar-refractivity contribution in [2.75, 3.05) is 14.2 Å². The number of hydrogen-bond donors (Lipinski definition) is 1. The second kappa shape index (κ2) is 6.30. The first kappa shape index (κ1) is 14.2. The molecule has 2 N–H and O–H groups in total. The lowest BCUT2D eigenvalue weighted by Gasteiger charge is -2.08. The van der Waals surface area contributed by atoms with E-state index < -0.39 is 0 Å². The molecule has 20 heavy (non-hydrogen) atoms. The number of amidine groups is 1. The van der Waals surface area contributed by atoms with Crippen LogP contribution in [-0.4, -0.2) is 20.1 Å². The van der Waals surface area contributed by atoms with Crippen LogP contribution < -0.4 is 15.2 Å². The van der Waals surface area contributed by atoms with Gasteiger partial charge in [0.1, 0.15) is 23.0 Å². The van der Waals surface area contributed by atoms with Gasteiger partial charge in [-0.1, -0.05) is 23.7 Å². The molecule has 0 fully saturated rings. The maximum Gasteiger partial charge on any atom is 0.144 e. The van der Waals surface area contributed by atoms with Gasteiger partial charge in [-0.2, -0.15) is 0 Å². The summed E-state index contributed by atoms with van der Waals surface area (Å²) < 4.78 is 10.4. The molecule has 2 aromatic carbocycles. The summed E-state index contributed by atoms with van der Waals surface area (Å²) in [6.45, 7) is 0. The Hall–Kier alpha value is -2.20. The standard InChI is InChI=1S/C15H15ClN2O2/c1-19-10-7-8-14(20-2)13(9-10)18-15(17)11-5-3-4-6-12(11)16/h3-9H,1-2H3,(H2,17,18). The van der Waals surface area contributed by atoms with Gasteiger partial charge >= 0.3 is 0 Å². The quantitative estimate of drug-likeness (QED) is 0.693. The highest BCUT2D eigenvalue weighted by Crippen LogP contribution is 2.32. The SMILES string of the molecule is COc1ccc(OC)c(N=C(N)c2ccccc2Cl)c1. The Morgan fingerprint density at radius 3 is 2.50 bits per heavy atom. The Balaban J connectivity index is 2.46. The van der Waals surface area contributed by atoms with E-state index in [1.807, 2.05) is 18.2 Å². The van der Waals surface area contributed by atoms with Gasteiger partial charge in [0.05, 0.1) is 19.2 Å². The highest BCUT2D eigenvalue weighted by molar-refractivity contribution is 6.34. The van der Waals surface area contributed by atoms with Crippen molar-refractivity contribution >= 4 is 23.1 Å². The highest BCUT2D eigenvalue weighted by Gasteiger charge is 2.08. The van der Waals surface area contributed by atoms with Gasteiger partial charge in [0.15, 0.2) is 0 Å². The molecule has 0 atom stereocenters. The number of nitrogens with two attached hydrogens (primary N) is 1. The van der Waals surface area contributed by atoms with Crippen molar-refractivity contribution in [3.8, 4) is 11.5 Å². The normalized spacial score (nSPS) is 11.2. The molecule has 0 heterocycles. The fourth-order valence-electron chi connectivity index (χ4n) is 1.74. The first-order valence-electron chi connectivity index (χ1n) is 5.96. The zero-order chi connectivity index (χ0) is 14.5. The van der Waals surface area contributed by atoms with Gasteiger partial charge in [0.25, 0.3) is 0 Å². The molecule has 104 valence electrons. The van der Waals surface area contributed by atoms with E-state index in [1.54, 1.807) is 38.5 Å². The van der Waals surface area contributed by atoms with Crippen molar-refractivity contribution in [3.63, 3.8) is 0 Å². The maximum atomic E-state index is 6.10. The lowest BCUT2D eigenvalue weighted by atomic mass is 10.2. The predicted molar refractivity (Wildman–Crippen MR) is 81.4 cm³/mol. The second-order valence-corrected chi connectivity index (χ2v) is 4.42. The fraction of sp³-hybridized carbons (Fsp3) is 0.133. The predicted octanol–water partition coefficient (Wildman–Crippen LogP) is 3.39. The zero-order valence-electron chi connectivity index (χ0n) is 11.3. The molecule has 0 aromatic heterocycles. The number of ether oxygens (including phenoxy) is 2. The Labute approximate surface area is 122 Å². The molecule has 0 unspecified atom stereocenters. The number of halogens is 1. The van der Waals surface area contributed by atoms with Crippen molar-refractivity contribution in [1.29, 1.82) is 0 Å². The molecule has 0 bridgehead atoms. The van der Waals surface area contributed by atoms with Gasteiger partial charge in [-0.25, -0.2) is 4.99 Å². The summed E-state index contributed by atoms with van der Waals surface area (Å²) in [7, 11) is 3.17. The Morgan fingerprint density at radius 1 is 1.10 bits per heavy atom. The summed E-state index contributed by atoms with van der Waals surface area (Å²) in [5.74, 6) is 1.61. The first-order chi connectivity index (χ1) is 9.65. The van der Waals surface area contributed by atoms with Crippen LogP contribution in [0.25, 0.3) is 0 Å². The van der Waals surface area contributed by atoms with Crippen LogP contribution in [0.5, 0.6) is 11.5 Å². The molecule has 2 aromatic rings. The topological polar surface area (TPSA) is 56.8 Å². The van der Waals surface area contributed by atoms with Crippen LogP contribution in [0.4, 0.5) is 5.69 Å². The molecule has 4 nitrogen and oxygen atoms in total. The minimum atomic E-state index is 0.321. The van der Waals surface area contributed by atoms with Gasteiger partial charge in [-0.15, -0.1) is 0 Å². The van der Waals surface area contributed by atoms with Crippen LogP contribution in [0.15, 0.2) is 47.5 Å². The van der Waals surface area contributed by atoms with Crippen molar-refractivity contribution in [3.05, 3.63) is 53.1 Å². The molecule has 0 saturated heterocycles. The average molecular weight is 291 g/mol. The molecule has 0 saturated carbocycles. The van der Waals surface area contributed by atoms with Crippen molar-refractivity contribution in [2.24, 2.45) is 10.7 Å². The lowest BCUT2D eigenvalue weighted by molar-refractivity contribution is 0.404. The average Bonchev–Trinajstić information content (AvgIpc) is 2.47. The maximum absolute atomic E-state index is 6.10. The Bertz CT molecular complexity index is 642. The zero-order valence-corrected chi connectivity index (χ0v) is 12.0. The largest absolute Gasteiger partial charge is 0.497 e. The molecular formula is C15H15ClN2O2. The van der Waals surface area contributed by atoms with Crippen LogP contribution in [0, 0.1) is 0 Å². The molecule has 0 spiro atoms. The number of aliphatic imine (C=N–C) groups is 1. The van der Waals surface area contributed by atoms with Crippen molar-refractivity contribution in [1.82, 2.24) is 0 Å². The molecule has 0 radical (unpaired) electrons. The Morgan fingerprint density at radius 2 is 1.85 bits per heavy atom. The van der Waals surface area contributed by atoms with Crippen LogP contribution in [0.1, 0.15) is 5.56 Å². The van der Waals surface area contributed by atoms with Crippen molar-refractivity contribution in [2.45, 2.75) is 0 Å². The molecule has 5 heteroatoms. The van der Waals surface area contributed by atoms with Crippen LogP contribution in [0.3, 0.4) is 0 Å². The third-order valence-electron chi connectivity index (χ3n) is 2.78. The smallest absolute Gasteiger partial charge is 0.144 e. The van der Waals surface area contributed by atoms with Crippen LogP contribution >= 0.6 is 11.6 Å². The van der Waals surface area contributed by atoms with Crippen molar-refractivity contribution < 1.29 is 9.47 Å². The van der Waals surface area contributed by atoms with E-state index in [2.05, 4.69) is 4.99 Å². The number of hydrogen-bond acceptors (Lipinski definition) is 3. The van der Waals surface area contributed by atoms with Gasteiger partial charge < -0.3 is 15.2 Å². The molecule has 0 amide bonds. The number of benzene rings is 2. The molecule has 0 aliphatic heterocycles. The summed E-state index contributed by atoms with van der Waals surface area (Å²) in [6, 6.07) is 12.6. The van der Waals surface area contributed by atoms with E-state index in [-0.39, 0.29) is 0 Å². The van der Waals surface area contributed by atoms with Gasteiger partial charge in [0.2, 0.25) is 0 Å².